The summed E-state index contributed by atoms with van der Waals surface area (Å²) in [4.78, 5) is 9.35. The highest BCUT2D eigenvalue weighted by atomic mass is 32.2. The molecule has 1 amide bonds. The maximum absolute atomic E-state index is 14.5. The first kappa shape index (κ1) is 22.8. The first-order valence-corrected chi connectivity index (χ1v) is 9.59. The van der Waals surface area contributed by atoms with Gasteiger partial charge >= 0.3 is 12.3 Å². The number of carboxylic acid groups (broad SMARTS) is 1. The molecule has 0 fully saturated rings. The number of aliphatic hydroxyl groups is 1. The van der Waals surface area contributed by atoms with E-state index in [4.69, 9.17) is 0 Å². The van der Waals surface area contributed by atoms with Crippen molar-refractivity contribution < 1.29 is 28.2 Å². The van der Waals surface area contributed by atoms with Gasteiger partial charge in [-0.2, -0.15) is 13.2 Å². The van der Waals surface area contributed by atoms with Crippen LogP contribution in [-0.2, 0) is 6.54 Å². The third-order valence-electron chi connectivity index (χ3n) is 4.36. The monoisotopic (exact) mass is 425 g/mol. The van der Waals surface area contributed by atoms with Gasteiger partial charge in [-0.3, -0.25) is 4.90 Å². The Labute approximate surface area is 171 Å². The highest BCUT2D eigenvalue weighted by Gasteiger charge is 2.65. The van der Waals surface area contributed by atoms with Crippen molar-refractivity contribution >= 4 is 17.9 Å². The molecular weight excluding hydrogens is 403 g/mol. The Bertz CT molecular complexity index is 827. The van der Waals surface area contributed by atoms with Gasteiger partial charge in [-0.05, 0) is 31.0 Å². The molecule has 0 saturated carbocycles. The maximum Gasteiger partial charge on any atom is 0.424 e. The second-order valence-electron chi connectivity index (χ2n) is 6.50. The largest absolute Gasteiger partial charge is 0.465 e. The van der Waals surface area contributed by atoms with Crippen molar-refractivity contribution in [3.05, 3.63) is 78.4 Å². The average molecular weight is 425 g/mol. The summed E-state index contributed by atoms with van der Waals surface area (Å²) in [5.41, 5.74) is 1.22. The quantitative estimate of drug-likeness (QED) is 0.335. The zero-order chi connectivity index (χ0) is 21.7. The zero-order valence-corrected chi connectivity index (χ0v) is 16.6. The van der Waals surface area contributed by atoms with Gasteiger partial charge in [-0.15, -0.1) is 6.58 Å². The number of benzene rings is 2. The Balaban J connectivity index is 2.64. The Hall–Kier alpha value is -2.45. The number of alkyl halides is 3. The summed E-state index contributed by atoms with van der Waals surface area (Å²) in [5, 5.41) is 20.3. The summed E-state index contributed by atoms with van der Waals surface area (Å²) in [5.74, 6) is 0. The van der Waals surface area contributed by atoms with Crippen LogP contribution in [-0.4, -0.2) is 38.4 Å². The molecule has 0 aliphatic carbocycles. The maximum atomic E-state index is 14.5. The Morgan fingerprint density at radius 2 is 1.76 bits per heavy atom. The van der Waals surface area contributed by atoms with Gasteiger partial charge in [0.25, 0.3) is 0 Å². The molecule has 0 heterocycles. The van der Waals surface area contributed by atoms with Gasteiger partial charge in [0.05, 0.1) is 12.6 Å². The van der Waals surface area contributed by atoms with Gasteiger partial charge in [-0.1, -0.05) is 65.9 Å². The molecule has 0 spiro atoms. The highest BCUT2D eigenvalue weighted by Crippen LogP contribution is 2.51. The Morgan fingerprint density at radius 1 is 1.17 bits per heavy atom. The number of thioether (sulfide) groups is 1. The van der Waals surface area contributed by atoms with Crippen molar-refractivity contribution in [2.24, 2.45) is 0 Å². The standard InChI is InChI=1S/C21H22F3NO3S/c1-3-7-18(26)20(21(22,23)24,29-17-12-10-15(2)11-13-17)25(19(27)28)14-16-8-5-4-6-9-16/h3-6,8-13,18,26H,1,7,14H2,2H3,(H,27,28)/t18-,20+/m0/s1. The van der Waals surface area contributed by atoms with E-state index in [0.717, 1.165) is 11.6 Å². The number of hydrogen-bond donors (Lipinski definition) is 2. The Kier molecular flexibility index (Phi) is 7.37. The number of hydrogen-bond acceptors (Lipinski definition) is 3. The lowest BCUT2D eigenvalue weighted by Crippen LogP contribution is -2.64. The van der Waals surface area contributed by atoms with Crippen LogP contribution >= 0.6 is 11.8 Å². The molecule has 2 N–H and O–H groups in total. The molecule has 2 rings (SSSR count). The number of nitrogens with zero attached hydrogens (tertiary/aromatic N) is 1. The van der Waals surface area contributed by atoms with E-state index in [0.29, 0.717) is 5.56 Å². The third kappa shape index (κ3) is 5.13. The second-order valence-corrected chi connectivity index (χ2v) is 7.80. The predicted octanol–water partition coefficient (Wildman–Crippen LogP) is 5.46. The van der Waals surface area contributed by atoms with Crippen molar-refractivity contribution in [1.82, 2.24) is 4.90 Å². The summed E-state index contributed by atoms with van der Waals surface area (Å²) in [6.45, 7) is 4.65. The molecule has 0 aliphatic rings. The minimum absolute atomic E-state index is 0.190. The van der Waals surface area contributed by atoms with Crippen molar-refractivity contribution in [2.45, 2.75) is 41.9 Å². The van der Waals surface area contributed by atoms with E-state index in [2.05, 4.69) is 6.58 Å². The number of amides is 1. The lowest BCUT2D eigenvalue weighted by Gasteiger charge is -2.45. The van der Waals surface area contributed by atoms with Crippen LogP contribution in [0, 0.1) is 6.92 Å². The molecule has 0 unspecified atom stereocenters. The van der Waals surface area contributed by atoms with E-state index in [1.807, 2.05) is 0 Å². The topological polar surface area (TPSA) is 60.8 Å². The number of halogens is 3. The molecule has 0 saturated heterocycles. The van der Waals surface area contributed by atoms with Gasteiger partial charge < -0.3 is 10.2 Å². The van der Waals surface area contributed by atoms with Gasteiger partial charge in [0, 0.05) is 4.90 Å². The summed E-state index contributed by atoms with van der Waals surface area (Å²) in [7, 11) is 0. The molecule has 0 bridgehead atoms. The summed E-state index contributed by atoms with van der Waals surface area (Å²) in [6.07, 6.45) is -8.21. The summed E-state index contributed by atoms with van der Waals surface area (Å²) < 4.78 is 43.5. The van der Waals surface area contributed by atoms with Crippen LogP contribution in [0.3, 0.4) is 0 Å². The molecular formula is C21H22F3NO3S. The van der Waals surface area contributed by atoms with Gasteiger partial charge in [0.2, 0.25) is 4.87 Å². The van der Waals surface area contributed by atoms with E-state index in [1.165, 1.54) is 24.3 Å². The van der Waals surface area contributed by atoms with E-state index < -0.39 is 36.2 Å². The number of aliphatic hydroxyl groups excluding tert-OH is 1. The molecule has 0 radical (unpaired) electrons. The summed E-state index contributed by atoms with van der Waals surface area (Å²) in [6, 6.07) is 14.2. The van der Waals surface area contributed by atoms with Gasteiger partial charge in [-0.25, -0.2) is 4.79 Å². The van der Waals surface area contributed by atoms with Crippen LogP contribution in [0.15, 0.2) is 72.1 Å². The van der Waals surface area contributed by atoms with Crippen LogP contribution in [0.2, 0.25) is 0 Å². The third-order valence-corrected chi connectivity index (χ3v) is 5.90. The molecule has 8 heteroatoms. The SMILES string of the molecule is C=CC[C@H](O)[C@](Sc1ccc(C)cc1)(N(Cc1ccccc1)C(=O)O)C(F)(F)F. The smallest absolute Gasteiger partial charge is 0.424 e. The van der Waals surface area contributed by atoms with E-state index in [-0.39, 0.29) is 21.6 Å². The predicted molar refractivity (Wildman–Crippen MR) is 107 cm³/mol. The molecule has 0 aliphatic heterocycles. The van der Waals surface area contributed by atoms with E-state index in [1.54, 1.807) is 37.3 Å². The lowest BCUT2D eigenvalue weighted by molar-refractivity contribution is -0.218. The minimum atomic E-state index is -5.07. The van der Waals surface area contributed by atoms with E-state index in [9.17, 15) is 28.2 Å². The fraction of sp³-hybridized carbons (Fsp3) is 0.286. The first-order chi connectivity index (χ1) is 13.6. The molecule has 4 nitrogen and oxygen atoms in total. The van der Waals surface area contributed by atoms with Crippen LogP contribution in [0.1, 0.15) is 17.5 Å². The molecule has 156 valence electrons. The molecule has 0 aromatic heterocycles. The van der Waals surface area contributed by atoms with Crippen molar-refractivity contribution in [1.29, 1.82) is 0 Å². The lowest BCUT2D eigenvalue weighted by atomic mass is 10.0. The van der Waals surface area contributed by atoms with Gasteiger partial charge in [0.15, 0.2) is 0 Å². The second kappa shape index (κ2) is 9.37. The van der Waals surface area contributed by atoms with Crippen LogP contribution in [0.25, 0.3) is 0 Å². The fourth-order valence-electron chi connectivity index (χ4n) is 2.90. The molecule has 2 aromatic carbocycles. The molecule has 2 aromatic rings. The van der Waals surface area contributed by atoms with Crippen molar-refractivity contribution in [2.75, 3.05) is 0 Å². The van der Waals surface area contributed by atoms with Crippen molar-refractivity contribution in [3.63, 3.8) is 0 Å². The van der Waals surface area contributed by atoms with Crippen LogP contribution in [0.5, 0.6) is 0 Å². The Morgan fingerprint density at radius 3 is 2.24 bits per heavy atom. The zero-order valence-electron chi connectivity index (χ0n) is 15.8. The van der Waals surface area contributed by atoms with E-state index >= 15 is 0 Å². The van der Waals surface area contributed by atoms with Crippen LogP contribution < -0.4 is 0 Å². The van der Waals surface area contributed by atoms with Gasteiger partial charge in [0.1, 0.15) is 0 Å². The minimum Gasteiger partial charge on any atom is -0.465 e. The molecule has 2 atom stereocenters. The first-order valence-electron chi connectivity index (χ1n) is 8.77. The summed E-state index contributed by atoms with van der Waals surface area (Å²) >= 11 is 0.278. The fourth-order valence-corrected chi connectivity index (χ4v) is 4.13. The van der Waals surface area contributed by atoms with Crippen molar-refractivity contribution in [3.8, 4) is 0 Å². The average Bonchev–Trinajstić information content (AvgIpc) is 2.66. The number of aryl methyl sites for hydroxylation is 1. The highest BCUT2D eigenvalue weighted by molar-refractivity contribution is 8.00. The van der Waals surface area contributed by atoms with Crippen LogP contribution in [0.4, 0.5) is 18.0 Å². The number of carbonyl (C=O) groups is 1. The molecule has 29 heavy (non-hydrogen) atoms. The normalized spacial score (nSPS) is 14.7. The number of rotatable bonds is 8.